The highest BCUT2D eigenvalue weighted by atomic mass is 16.1. The first-order chi connectivity index (χ1) is 9.17. The van der Waals surface area contributed by atoms with Gasteiger partial charge in [-0.2, -0.15) is 5.26 Å². The third-order valence-corrected chi connectivity index (χ3v) is 2.94. The molecule has 2 rings (SSSR count). The van der Waals surface area contributed by atoms with Crippen molar-refractivity contribution in [2.45, 2.75) is 13.5 Å². The van der Waals surface area contributed by atoms with Gasteiger partial charge in [0, 0.05) is 31.7 Å². The lowest BCUT2D eigenvalue weighted by Crippen LogP contribution is -2.27. The van der Waals surface area contributed by atoms with Crippen LogP contribution in [-0.4, -0.2) is 16.6 Å². The lowest BCUT2D eigenvalue weighted by Gasteiger charge is -2.18. The smallest absolute Gasteiger partial charge is 0.293 e. The third kappa shape index (κ3) is 2.47. The summed E-state index contributed by atoms with van der Waals surface area (Å²) in [5.74, 6) is 0.369. The Balaban J connectivity index is 2.41. The molecule has 96 valence electrons. The van der Waals surface area contributed by atoms with Gasteiger partial charge in [-0.25, -0.2) is 4.98 Å². The van der Waals surface area contributed by atoms with Crippen molar-refractivity contribution in [3.63, 3.8) is 0 Å². The van der Waals surface area contributed by atoms with E-state index in [0.717, 1.165) is 5.69 Å². The maximum absolute atomic E-state index is 12.1. The van der Waals surface area contributed by atoms with Crippen LogP contribution in [-0.2, 0) is 6.54 Å². The van der Waals surface area contributed by atoms with Crippen molar-refractivity contribution in [3.8, 4) is 6.07 Å². The van der Waals surface area contributed by atoms with Gasteiger partial charge >= 0.3 is 0 Å². The SMILES string of the molecule is CCn1ccnc(N(C)c2ccc(C#N)cc2)c1=O. The number of hydrogen-bond acceptors (Lipinski definition) is 4. The molecule has 0 spiro atoms. The van der Waals surface area contributed by atoms with Gasteiger partial charge in [0.2, 0.25) is 0 Å². The van der Waals surface area contributed by atoms with Gasteiger partial charge in [0.05, 0.1) is 11.6 Å². The second-order valence-corrected chi connectivity index (χ2v) is 4.06. The van der Waals surface area contributed by atoms with E-state index in [2.05, 4.69) is 11.1 Å². The highest BCUT2D eigenvalue weighted by Crippen LogP contribution is 2.18. The zero-order valence-electron chi connectivity index (χ0n) is 10.9. The van der Waals surface area contributed by atoms with Crippen LogP contribution < -0.4 is 10.5 Å². The summed E-state index contributed by atoms with van der Waals surface area (Å²) in [5, 5.41) is 8.77. The minimum absolute atomic E-state index is 0.128. The van der Waals surface area contributed by atoms with E-state index in [9.17, 15) is 4.79 Å². The fraction of sp³-hybridized carbons (Fsp3) is 0.214. The number of anilines is 2. The first-order valence-corrected chi connectivity index (χ1v) is 5.96. The summed E-state index contributed by atoms with van der Waals surface area (Å²) in [6, 6.07) is 9.08. The van der Waals surface area contributed by atoms with Gasteiger partial charge in [-0.3, -0.25) is 4.79 Å². The average molecular weight is 254 g/mol. The first kappa shape index (κ1) is 12.8. The molecule has 0 atom stereocenters. The van der Waals surface area contributed by atoms with E-state index < -0.39 is 0 Å². The van der Waals surface area contributed by atoms with Gasteiger partial charge in [-0.1, -0.05) is 0 Å². The van der Waals surface area contributed by atoms with Crippen molar-refractivity contribution in [1.82, 2.24) is 9.55 Å². The summed E-state index contributed by atoms with van der Waals surface area (Å²) in [6.45, 7) is 2.52. The molecule has 0 amide bonds. The van der Waals surface area contributed by atoms with Gasteiger partial charge in [-0.15, -0.1) is 0 Å². The summed E-state index contributed by atoms with van der Waals surface area (Å²) < 4.78 is 1.60. The standard InChI is InChI=1S/C14H14N4O/c1-3-18-9-8-16-13(14(18)19)17(2)12-6-4-11(10-15)5-7-12/h4-9H,3H2,1-2H3. The Morgan fingerprint density at radius 1 is 1.37 bits per heavy atom. The van der Waals surface area contributed by atoms with Crippen LogP contribution in [0.3, 0.4) is 0 Å². The molecule has 0 unspecified atom stereocenters. The van der Waals surface area contributed by atoms with Crippen molar-refractivity contribution in [1.29, 1.82) is 5.26 Å². The molecule has 0 saturated carbocycles. The predicted octanol–water partition coefficient (Wildman–Crippen LogP) is 1.90. The van der Waals surface area contributed by atoms with E-state index in [-0.39, 0.29) is 5.56 Å². The zero-order valence-corrected chi connectivity index (χ0v) is 10.9. The van der Waals surface area contributed by atoms with Crippen molar-refractivity contribution in [2.75, 3.05) is 11.9 Å². The van der Waals surface area contributed by atoms with Gasteiger partial charge in [0.25, 0.3) is 5.56 Å². The number of nitriles is 1. The largest absolute Gasteiger partial charge is 0.325 e. The molecule has 19 heavy (non-hydrogen) atoms. The Bertz CT molecular complexity index is 667. The number of aromatic nitrogens is 2. The monoisotopic (exact) mass is 254 g/mol. The van der Waals surface area contributed by atoms with E-state index in [1.165, 1.54) is 0 Å². The first-order valence-electron chi connectivity index (χ1n) is 5.96. The Kier molecular flexibility index (Phi) is 3.62. The number of benzene rings is 1. The van der Waals surface area contributed by atoms with Crippen molar-refractivity contribution < 1.29 is 0 Å². The summed E-state index contributed by atoms with van der Waals surface area (Å²) >= 11 is 0. The van der Waals surface area contributed by atoms with Crippen LogP contribution in [0.25, 0.3) is 0 Å². The number of nitrogens with zero attached hydrogens (tertiary/aromatic N) is 4. The van der Waals surface area contributed by atoms with E-state index in [0.29, 0.717) is 17.9 Å². The highest BCUT2D eigenvalue weighted by molar-refractivity contribution is 5.59. The molecule has 0 bridgehead atoms. The van der Waals surface area contributed by atoms with Crippen molar-refractivity contribution in [2.24, 2.45) is 0 Å². The van der Waals surface area contributed by atoms with Crippen molar-refractivity contribution >= 4 is 11.5 Å². The lowest BCUT2D eigenvalue weighted by atomic mass is 10.2. The molecule has 1 aromatic carbocycles. The second kappa shape index (κ2) is 5.36. The Hall–Kier alpha value is -2.61. The second-order valence-electron chi connectivity index (χ2n) is 4.06. The van der Waals surface area contributed by atoms with Crippen LogP contribution in [0.5, 0.6) is 0 Å². The molecule has 1 aromatic heterocycles. The van der Waals surface area contributed by atoms with Crippen LogP contribution in [0.15, 0.2) is 41.5 Å². The van der Waals surface area contributed by atoms with E-state index >= 15 is 0 Å². The minimum Gasteiger partial charge on any atom is -0.325 e. The average Bonchev–Trinajstić information content (AvgIpc) is 2.47. The molecular weight excluding hydrogens is 240 g/mol. The van der Waals surface area contributed by atoms with Crippen molar-refractivity contribution in [3.05, 3.63) is 52.6 Å². The molecule has 2 aromatic rings. The zero-order chi connectivity index (χ0) is 13.8. The van der Waals surface area contributed by atoms with Crippen LogP contribution in [0, 0.1) is 11.3 Å². The maximum Gasteiger partial charge on any atom is 0.293 e. The van der Waals surface area contributed by atoms with Crippen LogP contribution in [0.1, 0.15) is 12.5 Å². The predicted molar refractivity (Wildman–Crippen MR) is 73.4 cm³/mol. The summed E-state index contributed by atoms with van der Waals surface area (Å²) in [7, 11) is 1.78. The topological polar surface area (TPSA) is 61.9 Å². The minimum atomic E-state index is -0.128. The molecule has 0 fully saturated rings. The third-order valence-electron chi connectivity index (χ3n) is 2.94. The molecule has 0 aliphatic heterocycles. The molecular formula is C14H14N4O. The quantitative estimate of drug-likeness (QED) is 0.839. The molecule has 1 heterocycles. The molecule has 5 heteroatoms. The Morgan fingerprint density at radius 3 is 2.63 bits per heavy atom. The molecule has 0 aliphatic rings. The molecule has 0 N–H and O–H groups in total. The molecule has 0 radical (unpaired) electrons. The molecule has 5 nitrogen and oxygen atoms in total. The van der Waals surface area contributed by atoms with E-state index in [1.807, 2.05) is 6.92 Å². The lowest BCUT2D eigenvalue weighted by molar-refractivity contribution is 0.716. The van der Waals surface area contributed by atoms with E-state index in [1.54, 1.807) is 53.2 Å². The fourth-order valence-corrected chi connectivity index (χ4v) is 1.80. The van der Waals surface area contributed by atoms with E-state index in [4.69, 9.17) is 5.26 Å². The van der Waals surface area contributed by atoms with Crippen LogP contribution >= 0.6 is 0 Å². The van der Waals surface area contributed by atoms with Gasteiger partial charge in [-0.05, 0) is 31.2 Å². The van der Waals surface area contributed by atoms with Gasteiger partial charge in [0.1, 0.15) is 0 Å². The summed E-state index contributed by atoms with van der Waals surface area (Å²) in [6.07, 6.45) is 3.28. The Morgan fingerprint density at radius 2 is 2.05 bits per heavy atom. The number of hydrogen-bond donors (Lipinski definition) is 0. The molecule has 0 saturated heterocycles. The number of rotatable bonds is 3. The summed E-state index contributed by atoms with van der Waals surface area (Å²) in [5.41, 5.74) is 1.28. The summed E-state index contributed by atoms with van der Waals surface area (Å²) in [4.78, 5) is 18.0. The Labute approximate surface area is 111 Å². The van der Waals surface area contributed by atoms with Crippen LogP contribution in [0.4, 0.5) is 11.5 Å². The fourth-order valence-electron chi connectivity index (χ4n) is 1.80. The molecule has 0 aliphatic carbocycles. The maximum atomic E-state index is 12.1. The normalized spacial score (nSPS) is 9.95. The highest BCUT2D eigenvalue weighted by Gasteiger charge is 2.11. The number of aryl methyl sites for hydroxylation is 1. The van der Waals surface area contributed by atoms with Gasteiger partial charge in [0.15, 0.2) is 5.82 Å². The van der Waals surface area contributed by atoms with Crippen LogP contribution in [0.2, 0.25) is 0 Å². The van der Waals surface area contributed by atoms with Gasteiger partial charge < -0.3 is 9.47 Å².